The van der Waals surface area contributed by atoms with E-state index in [0.29, 0.717) is 11.4 Å². The molecule has 0 radical (unpaired) electrons. The van der Waals surface area contributed by atoms with Gasteiger partial charge in [-0.3, -0.25) is 9.59 Å². The highest BCUT2D eigenvalue weighted by Crippen LogP contribution is 2.38. The zero-order chi connectivity index (χ0) is 21.8. The lowest BCUT2D eigenvalue weighted by Crippen LogP contribution is -2.43. The third-order valence-electron chi connectivity index (χ3n) is 5.37. The van der Waals surface area contributed by atoms with Gasteiger partial charge in [0.2, 0.25) is 0 Å². The molecule has 1 aliphatic rings. The summed E-state index contributed by atoms with van der Waals surface area (Å²) in [5.74, 6) is -1.77. The van der Waals surface area contributed by atoms with Gasteiger partial charge in [-0.2, -0.15) is 5.10 Å². The predicted molar refractivity (Wildman–Crippen MR) is 121 cm³/mol. The van der Waals surface area contributed by atoms with E-state index >= 15 is 0 Å². The Morgan fingerprint density at radius 3 is 2.10 bits per heavy atom. The van der Waals surface area contributed by atoms with Crippen molar-refractivity contribution in [3.8, 4) is 0 Å². The smallest absolute Gasteiger partial charge is 0.323 e. The van der Waals surface area contributed by atoms with Crippen LogP contribution >= 0.6 is 0 Å². The number of rotatable bonds is 7. The first-order chi connectivity index (χ1) is 15.1. The largest absolute Gasteiger partial charge is 0.480 e. The Kier molecular flexibility index (Phi) is 5.80. The molecular weight excluding hydrogens is 390 g/mol. The third kappa shape index (κ3) is 4.19. The SMILES string of the molecule is CC1=NN(c2ccccc2)C(=O)C1C(c1ccccc1)N(CC(=O)O)c1ccccc1. The second-order valence-corrected chi connectivity index (χ2v) is 7.42. The fraction of sp³-hybridized carbons (Fsp3) is 0.160. The number of aliphatic carboxylic acids is 1. The summed E-state index contributed by atoms with van der Waals surface area (Å²) in [7, 11) is 0. The molecule has 3 aromatic rings. The fourth-order valence-electron chi connectivity index (χ4n) is 4.02. The minimum atomic E-state index is -0.968. The van der Waals surface area contributed by atoms with Crippen molar-refractivity contribution in [1.29, 1.82) is 0 Å². The van der Waals surface area contributed by atoms with E-state index in [-0.39, 0.29) is 12.5 Å². The Morgan fingerprint density at radius 1 is 0.968 bits per heavy atom. The molecule has 6 nitrogen and oxygen atoms in total. The van der Waals surface area contributed by atoms with Crippen molar-refractivity contribution in [1.82, 2.24) is 0 Å². The number of hydrogen-bond donors (Lipinski definition) is 1. The van der Waals surface area contributed by atoms with Gasteiger partial charge in [-0.25, -0.2) is 5.01 Å². The summed E-state index contributed by atoms with van der Waals surface area (Å²) in [4.78, 5) is 27.2. The average Bonchev–Trinajstić information content (AvgIpc) is 3.09. The van der Waals surface area contributed by atoms with Gasteiger partial charge in [0.15, 0.2) is 0 Å². The number of amides is 1. The van der Waals surface area contributed by atoms with E-state index in [0.717, 1.165) is 11.3 Å². The predicted octanol–water partition coefficient (Wildman–Crippen LogP) is 4.36. The third-order valence-corrected chi connectivity index (χ3v) is 5.37. The van der Waals surface area contributed by atoms with E-state index in [9.17, 15) is 14.7 Å². The van der Waals surface area contributed by atoms with Gasteiger partial charge in [0.1, 0.15) is 12.5 Å². The molecule has 0 aromatic heterocycles. The molecule has 156 valence electrons. The number of hydrogen-bond acceptors (Lipinski definition) is 4. The normalized spacial score (nSPS) is 16.7. The summed E-state index contributed by atoms with van der Waals surface area (Å²) >= 11 is 0. The van der Waals surface area contributed by atoms with Crippen LogP contribution in [-0.2, 0) is 9.59 Å². The van der Waals surface area contributed by atoms with E-state index in [4.69, 9.17) is 0 Å². The number of carboxylic acids is 1. The minimum Gasteiger partial charge on any atom is -0.480 e. The topological polar surface area (TPSA) is 73.2 Å². The Labute approximate surface area is 181 Å². The highest BCUT2D eigenvalue weighted by Gasteiger charge is 2.43. The van der Waals surface area contributed by atoms with Gasteiger partial charge in [-0.05, 0) is 36.8 Å². The number of hydrazone groups is 1. The molecule has 0 bridgehead atoms. The number of nitrogens with zero attached hydrogens (tertiary/aromatic N) is 3. The lowest BCUT2D eigenvalue weighted by atomic mass is 9.87. The Morgan fingerprint density at radius 2 is 1.52 bits per heavy atom. The maximum atomic E-state index is 13.6. The summed E-state index contributed by atoms with van der Waals surface area (Å²) < 4.78 is 0. The molecule has 0 saturated carbocycles. The van der Waals surface area contributed by atoms with Crippen LogP contribution in [0.3, 0.4) is 0 Å². The summed E-state index contributed by atoms with van der Waals surface area (Å²) in [6.07, 6.45) is 0. The van der Waals surface area contributed by atoms with Gasteiger partial charge < -0.3 is 10.0 Å². The first kappa shape index (κ1) is 20.3. The van der Waals surface area contributed by atoms with E-state index in [1.807, 2.05) is 97.9 Å². The van der Waals surface area contributed by atoms with Crippen molar-refractivity contribution in [2.24, 2.45) is 11.0 Å². The molecule has 6 heteroatoms. The molecule has 0 aliphatic carbocycles. The van der Waals surface area contributed by atoms with E-state index in [1.54, 1.807) is 4.90 Å². The lowest BCUT2D eigenvalue weighted by molar-refractivity contribution is -0.135. The van der Waals surface area contributed by atoms with Gasteiger partial charge in [-0.15, -0.1) is 0 Å². The zero-order valence-electron chi connectivity index (χ0n) is 17.1. The van der Waals surface area contributed by atoms with Crippen LogP contribution in [0.4, 0.5) is 11.4 Å². The highest BCUT2D eigenvalue weighted by atomic mass is 16.4. The van der Waals surface area contributed by atoms with Crippen LogP contribution in [0, 0.1) is 5.92 Å². The zero-order valence-corrected chi connectivity index (χ0v) is 17.1. The number of anilines is 2. The van der Waals surface area contributed by atoms with Crippen molar-refractivity contribution >= 4 is 29.0 Å². The number of carboxylic acid groups (broad SMARTS) is 1. The van der Waals surface area contributed by atoms with E-state index in [2.05, 4.69) is 5.10 Å². The quantitative estimate of drug-likeness (QED) is 0.625. The summed E-state index contributed by atoms with van der Waals surface area (Å²) in [6.45, 7) is 1.58. The number of carbonyl (C=O) groups excluding carboxylic acids is 1. The van der Waals surface area contributed by atoms with Gasteiger partial charge in [0.05, 0.1) is 17.4 Å². The molecule has 0 fully saturated rings. The van der Waals surface area contributed by atoms with E-state index in [1.165, 1.54) is 5.01 Å². The molecule has 1 aliphatic heterocycles. The van der Waals surface area contributed by atoms with Crippen molar-refractivity contribution in [2.45, 2.75) is 13.0 Å². The molecule has 3 aromatic carbocycles. The molecule has 1 heterocycles. The van der Waals surface area contributed by atoms with Gasteiger partial charge in [0.25, 0.3) is 5.91 Å². The molecule has 0 spiro atoms. The van der Waals surface area contributed by atoms with Crippen molar-refractivity contribution in [3.63, 3.8) is 0 Å². The van der Waals surface area contributed by atoms with Crippen LogP contribution in [0.2, 0.25) is 0 Å². The second-order valence-electron chi connectivity index (χ2n) is 7.42. The second kappa shape index (κ2) is 8.83. The molecule has 0 saturated heterocycles. The molecule has 2 unspecified atom stereocenters. The van der Waals surface area contributed by atoms with Crippen LogP contribution in [0.5, 0.6) is 0 Å². The molecule has 1 amide bonds. The molecule has 4 rings (SSSR count). The highest BCUT2D eigenvalue weighted by molar-refractivity contribution is 6.15. The Bertz CT molecular complexity index is 1080. The molecule has 1 N–H and O–H groups in total. The van der Waals surface area contributed by atoms with Crippen LogP contribution in [0.25, 0.3) is 0 Å². The number of carbonyl (C=O) groups is 2. The molecule has 2 atom stereocenters. The molecular formula is C25H23N3O3. The minimum absolute atomic E-state index is 0.177. The fourth-order valence-corrected chi connectivity index (χ4v) is 4.02. The standard InChI is InChI=1S/C25H23N3O3/c1-18-23(25(31)28(26-18)21-15-9-4-10-16-21)24(19-11-5-2-6-12-19)27(17-22(29)30)20-13-7-3-8-14-20/h2-16,23-24H,17H2,1H3,(H,29,30). The monoisotopic (exact) mass is 413 g/mol. The van der Waals surface area contributed by atoms with Gasteiger partial charge in [-0.1, -0.05) is 66.7 Å². The molecule has 31 heavy (non-hydrogen) atoms. The van der Waals surface area contributed by atoms with Crippen molar-refractivity contribution < 1.29 is 14.7 Å². The maximum absolute atomic E-state index is 13.6. The number of para-hydroxylation sites is 2. The van der Waals surface area contributed by atoms with Crippen molar-refractivity contribution in [3.05, 3.63) is 96.6 Å². The van der Waals surface area contributed by atoms with Crippen molar-refractivity contribution in [2.75, 3.05) is 16.5 Å². The summed E-state index contributed by atoms with van der Waals surface area (Å²) in [5, 5.41) is 15.6. The van der Waals surface area contributed by atoms with Gasteiger partial charge in [0, 0.05) is 5.69 Å². The van der Waals surface area contributed by atoms with E-state index < -0.39 is 17.9 Å². The average molecular weight is 413 g/mol. The Balaban J connectivity index is 1.81. The van der Waals surface area contributed by atoms with Crippen LogP contribution in [0.1, 0.15) is 18.5 Å². The summed E-state index contributed by atoms with van der Waals surface area (Å²) in [5.41, 5.74) is 2.92. The van der Waals surface area contributed by atoms with Crippen LogP contribution in [0.15, 0.2) is 96.1 Å². The first-order valence-electron chi connectivity index (χ1n) is 10.1. The lowest BCUT2D eigenvalue weighted by Gasteiger charge is -2.36. The first-order valence-corrected chi connectivity index (χ1v) is 10.1. The summed E-state index contributed by atoms with van der Waals surface area (Å²) in [6, 6.07) is 27.6. The maximum Gasteiger partial charge on any atom is 0.323 e. The van der Waals surface area contributed by atoms with Gasteiger partial charge >= 0.3 is 5.97 Å². The number of benzene rings is 3. The van der Waals surface area contributed by atoms with Crippen LogP contribution < -0.4 is 9.91 Å². The van der Waals surface area contributed by atoms with Crippen LogP contribution in [-0.4, -0.2) is 29.2 Å². The Hall–Kier alpha value is -3.93.